The zero-order valence-corrected chi connectivity index (χ0v) is 15.1. The first-order valence-electron chi connectivity index (χ1n) is 8.92. The fraction of sp³-hybridized carbons (Fsp3) is 0.500. The summed E-state index contributed by atoms with van der Waals surface area (Å²) in [5.41, 5.74) is 2.49. The van der Waals surface area contributed by atoms with Crippen LogP contribution in [-0.2, 0) is 22.7 Å². The lowest BCUT2D eigenvalue weighted by Gasteiger charge is -2.29. The van der Waals surface area contributed by atoms with Gasteiger partial charge in [0.2, 0.25) is 11.8 Å². The third-order valence-corrected chi connectivity index (χ3v) is 5.67. The number of hydrogen-bond acceptors (Lipinski definition) is 5. The Balaban J connectivity index is 1.60. The van der Waals surface area contributed by atoms with Gasteiger partial charge in [0, 0.05) is 45.7 Å². The summed E-state index contributed by atoms with van der Waals surface area (Å²) < 4.78 is 0. The quantitative estimate of drug-likeness (QED) is 0.751. The number of carbonyl (C=O) groups excluding carboxylic acids is 3. The molecule has 1 aromatic carbocycles. The molecular formula is C18H21ClN4O3. The Morgan fingerprint density at radius 2 is 1.92 bits per heavy atom. The molecule has 0 saturated carbocycles. The molecule has 4 rings (SSSR count). The van der Waals surface area contributed by atoms with Crippen LogP contribution >= 0.6 is 11.6 Å². The summed E-state index contributed by atoms with van der Waals surface area (Å²) in [4.78, 5) is 40.4. The molecule has 2 saturated heterocycles. The molecule has 0 aromatic heterocycles. The summed E-state index contributed by atoms with van der Waals surface area (Å²) in [5.74, 6) is -0.906. The fourth-order valence-electron chi connectivity index (χ4n) is 3.95. The van der Waals surface area contributed by atoms with Gasteiger partial charge in [-0.15, -0.1) is 0 Å². The predicted octanol–water partition coefficient (Wildman–Crippen LogP) is 0.506. The van der Waals surface area contributed by atoms with Crippen LogP contribution in [0.15, 0.2) is 12.1 Å². The molecule has 0 bridgehead atoms. The van der Waals surface area contributed by atoms with E-state index in [1.165, 1.54) is 0 Å². The Morgan fingerprint density at radius 3 is 2.65 bits per heavy atom. The predicted molar refractivity (Wildman–Crippen MR) is 95.6 cm³/mol. The Bertz CT molecular complexity index is 776. The van der Waals surface area contributed by atoms with E-state index in [0.717, 1.165) is 43.9 Å². The van der Waals surface area contributed by atoms with Crippen molar-refractivity contribution in [2.75, 3.05) is 26.2 Å². The van der Waals surface area contributed by atoms with Crippen LogP contribution in [0.4, 0.5) is 0 Å². The van der Waals surface area contributed by atoms with Gasteiger partial charge in [0.05, 0.1) is 10.6 Å². The van der Waals surface area contributed by atoms with E-state index in [1.807, 2.05) is 6.07 Å². The first kappa shape index (κ1) is 17.5. The van der Waals surface area contributed by atoms with Crippen LogP contribution in [0.3, 0.4) is 0 Å². The molecule has 3 aliphatic rings. The Kier molecular flexibility index (Phi) is 4.69. The molecule has 1 atom stereocenters. The molecule has 2 N–H and O–H groups in total. The van der Waals surface area contributed by atoms with Gasteiger partial charge in [-0.1, -0.05) is 17.7 Å². The zero-order valence-electron chi connectivity index (χ0n) is 14.4. The normalized spacial score (nSPS) is 24.0. The van der Waals surface area contributed by atoms with Crippen LogP contribution in [0.2, 0.25) is 5.02 Å². The third-order valence-electron chi connectivity index (χ3n) is 5.35. The second-order valence-corrected chi connectivity index (χ2v) is 7.39. The summed E-state index contributed by atoms with van der Waals surface area (Å²) in [6, 6.07) is 3.13. The second kappa shape index (κ2) is 6.98. The van der Waals surface area contributed by atoms with Crippen molar-refractivity contribution in [3.63, 3.8) is 0 Å². The molecule has 3 aliphatic heterocycles. The molecule has 0 aliphatic carbocycles. The van der Waals surface area contributed by atoms with Crippen LogP contribution in [0.1, 0.15) is 34.3 Å². The van der Waals surface area contributed by atoms with Gasteiger partial charge in [-0.05, 0) is 23.6 Å². The molecule has 7 nitrogen and oxygen atoms in total. The van der Waals surface area contributed by atoms with Crippen LogP contribution in [-0.4, -0.2) is 59.7 Å². The SMILES string of the molecule is O=C1CCC(N2Cc3c(CN4CCNCC4)ccc(Cl)c3C2=O)C(=O)N1. The largest absolute Gasteiger partial charge is 0.322 e. The summed E-state index contributed by atoms with van der Waals surface area (Å²) in [6.07, 6.45) is 0.604. The first-order valence-corrected chi connectivity index (χ1v) is 9.30. The lowest BCUT2D eigenvalue weighted by atomic mass is 10.0. The molecule has 1 unspecified atom stereocenters. The lowest BCUT2D eigenvalue weighted by Crippen LogP contribution is -2.52. The Morgan fingerprint density at radius 1 is 1.15 bits per heavy atom. The van der Waals surface area contributed by atoms with E-state index in [9.17, 15) is 14.4 Å². The molecule has 3 amide bonds. The third kappa shape index (κ3) is 3.11. The summed E-state index contributed by atoms with van der Waals surface area (Å²) in [7, 11) is 0. The summed E-state index contributed by atoms with van der Waals surface area (Å²) in [5, 5.41) is 6.08. The van der Waals surface area contributed by atoms with Gasteiger partial charge in [0.25, 0.3) is 5.91 Å². The highest BCUT2D eigenvalue weighted by molar-refractivity contribution is 6.34. The molecule has 2 fully saturated rings. The van der Waals surface area contributed by atoms with Gasteiger partial charge in [-0.25, -0.2) is 0 Å². The van der Waals surface area contributed by atoms with Crippen molar-refractivity contribution in [3.8, 4) is 0 Å². The van der Waals surface area contributed by atoms with Gasteiger partial charge in [0.1, 0.15) is 6.04 Å². The van der Waals surface area contributed by atoms with Gasteiger partial charge in [-0.3, -0.25) is 24.6 Å². The number of benzene rings is 1. The van der Waals surface area contributed by atoms with Crippen molar-refractivity contribution in [2.24, 2.45) is 0 Å². The average Bonchev–Trinajstić information content (AvgIpc) is 2.97. The van der Waals surface area contributed by atoms with Gasteiger partial charge >= 0.3 is 0 Å². The lowest BCUT2D eigenvalue weighted by molar-refractivity contribution is -0.136. The molecule has 0 spiro atoms. The van der Waals surface area contributed by atoms with E-state index in [-0.39, 0.29) is 18.2 Å². The van der Waals surface area contributed by atoms with E-state index in [2.05, 4.69) is 15.5 Å². The maximum absolute atomic E-state index is 12.9. The number of fused-ring (bicyclic) bond motifs is 1. The molecule has 0 radical (unpaired) electrons. The topological polar surface area (TPSA) is 81.8 Å². The number of nitrogens with one attached hydrogen (secondary N) is 2. The molecule has 8 heteroatoms. The Hall–Kier alpha value is -1.96. The van der Waals surface area contributed by atoms with Crippen molar-refractivity contribution in [3.05, 3.63) is 33.8 Å². The minimum absolute atomic E-state index is 0.221. The number of imide groups is 1. The van der Waals surface area contributed by atoms with Gasteiger partial charge in [0.15, 0.2) is 0 Å². The highest BCUT2D eigenvalue weighted by Crippen LogP contribution is 2.34. The summed E-state index contributed by atoms with van der Waals surface area (Å²) in [6.45, 7) is 4.96. The van der Waals surface area contributed by atoms with Crippen LogP contribution in [0, 0.1) is 0 Å². The monoisotopic (exact) mass is 376 g/mol. The highest BCUT2D eigenvalue weighted by atomic mass is 35.5. The highest BCUT2D eigenvalue weighted by Gasteiger charge is 2.40. The van der Waals surface area contributed by atoms with Crippen molar-refractivity contribution >= 4 is 29.3 Å². The van der Waals surface area contributed by atoms with Crippen LogP contribution in [0.25, 0.3) is 0 Å². The van der Waals surface area contributed by atoms with Gasteiger partial charge < -0.3 is 10.2 Å². The van der Waals surface area contributed by atoms with Gasteiger partial charge in [-0.2, -0.15) is 0 Å². The second-order valence-electron chi connectivity index (χ2n) is 6.99. The number of hydrogen-bond donors (Lipinski definition) is 2. The fourth-order valence-corrected chi connectivity index (χ4v) is 4.21. The van der Waals surface area contributed by atoms with E-state index >= 15 is 0 Å². The maximum Gasteiger partial charge on any atom is 0.256 e. The van der Waals surface area contributed by atoms with Crippen molar-refractivity contribution in [1.29, 1.82) is 0 Å². The standard InChI is InChI=1S/C18H21ClN4O3/c19-13-2-1-11(9-22-7-5-20-6-8-22)12-10-23(18(26)16(12)13)14-3-4-15(24)21-17(14)25/h1-2,14,20H,3-10H2,(H,21,24,25). The minimum atomic E-state index is -0.615. The van der Waals surface area contributed by atoms with Crippen LogP contribution < -0.4 is 10.6 Å². The van der Waals surface area contributed by atoms with E-state index in [1.54, 1.807) is 11.0 Å². The molecule has 138 valence electrons. The molecular weight excluding hydrogens is 356 g/mol. The number of rotatable bonds is 3. The first-order chi connectivity index (χ1) is 12.5. The molecule has 3 heterocycles. The minimum Gasteiger partial charge on any atom is -0.322 e. The number of piperazine rings is 1. The number of amides is 3. The van der Waals surface area contributed by atoms with Crippen LogP contribution in [0.5, 0.6) is 0 Å². The van der Waals surface area contributed by atoms with Crippen molar-refractivity contribution < 1.29 is 14.4 Å². The summed E-state index contributed by atoms with van der Waals surface area (Å²) >= 11 is 6.32. The van der Waals surface area contributed by atoms with Crippen molar-refractivity contribution in [2.45, 2.75) is 32.0 Å². The van der Waals surface area contributed by atoms with E-state index in [4.69, 9.17) is 11.6 Å². The van der Waals surface area contributed by atoms with E-state index < -0.39 is 11.9 Å². The number of carbonyl (C=O) groups is 3. The Labute approximate surface area is 156 Å². The number of halogens is 1. The molecule has 26 heavy (non-hydrogen) atoms. The number of piperidine rings is 1. The smallest absolute Gasteiger partial charge is 0.256 e. The van der Waals surface area contributed by atoms with Crippen molar-refractivity contribution in [1.82, 2.24) is 20.4 Å². The zero-order chi connectivity index (χ0) is 18.3. The average molecular weight is 377 g/mol. The number of nitrogens with zero attached hydrogens (tertiary/aromatic N) is 2. The molecule has 1 aromatic rings. The maximum atomic E-state index is 12.9. The van der Waals surface area contributed by atoms with E-state index in [0.29, 0.717) is 23.6 Å².